The van der Waals surface area contributed by atoms with E-state index in [0.29, 0.717) is 33.9 Å². The SMILES string of the molecule is COCCOC(=O)C1=C(C)NC=C(C(=O)OC(C)C)C1c1cccc(-c2nnco2)c1. The zero-order valence-corrected chi connectivity index (χ0v) is 17.9. The van der Waals surface area contributed by atoms with Crippen molar-refractivity contribution in [2.24, 2.45) is 0 Å². The van der Waals surface area contributed by atoms with Gasteiger partial charge in [0.1, 0.15) is 6.61 Å². The van der Waals surface area contributed by atoms with Gasteiger partial charge in [-0.05, 0) is 38.5 Å². The number of esters is 2. The number of methoxy groups -OCH3 is 1. The van der Waals surface area contributed by atoms with Gasteiger partial charge >= 0.3 is 11.9 Å². The molecule has 0 radical (unpaired) electrons. The Bertz CT molecular complexity index is 994. The van der Waals surface area contributed by atoms with Crippen LogP contribution in [0.4, 0.5) is 0 Å². The molecule has 0 fully saturated rings. The third-order valence-corrected chi connectivity index (χ3v) is 4.59. The number of aromatic nitrogens is 2. The fraction of sp³-hybridized carbons (Fsp3) is 0.364. The number of nitrogens with zero attached hydrogens (tertiary/aromatic N) is 2. The number of hydrogen-bond donors (Lipinski definition) is 1. The number of carbonyl (C=O) groups is 2. The van der Waals surface area contributed by atoms with Gasteiger partial charge < -0.3 is 23.9 Å². The molecule has 3 rings (SSSR count). The van der Waals surface area contributed by atoms with Crippen LogP contribution in [0.5, 0.6) is 0 Å². The van der Waals surface area contributed by atoms with Gasteiger partial charge in [-0.25, -0.2) is 9.59 Å². The van der Waals surface area contributed by atoms with E-state index in [2.05, 4.69) is 15.5 Å². The summed E-state index contributed by atoms with van der Waals surface area (Å²) in [5.74, 6) is -1.44. The summed E-state index contributed by atoms with van der Waals surface area (Å²) in [6.45, 7) is 5.64. The summed E-state index contributed by atoms with van der Waals surface area (Å²) in [5, 5.41) is 10.6. The number of dihydropyridines is 1. The molecule has 1 aromatic carbocycles. The molecule has 0 bridgehead atoms. The fourth-order valence-corrected chi connectivity index (χ4v) is 3.24. The number of carbonyl (C=O) groups excluding carboxylic acids is 2. The van der Waals surface area contributed by atoms with Crippen LogP contribution >= 0.6 is 0 Å². The van der Waals surface area contributed by atoms with Crippen molar-refractivity contribution in [3.63, 3.8) is 0 Å². The van der Waals surface area contributed by atoms with E-state index in [9.17, 15) is 9.59 Å². The maximum absolute atomic E-state index is 13.0. The maximum atomic E-state index is 13.0. The molecule has 1 aliphatic heterocycles. The van der Waals surface area contributed by atoms with Crippen molar-refractivity contribution >= 4 is 11.9 Å². The first-order chi connectivity index (χ1) is 14.9. The molecule has 0 saturated carbocycles. The highest BCUT2D eigenvalue weighted by Crippen LogP contribution is 2.38. The van der Waals surface area contributed by atoms with E-state index in [0.717, 1.165) is 0 Å². The molecule has 9 nitrogen and oxygen atoms in total. The van der Waals surface area contributed by atoms with Crippen LogP contribution in [0.3, 0.4) is 0 Å². The van der Waals surface area contributed by atoms with Gasteiger partial charge in [-0.15, -0.1) is 10.2 Å². The van der Waals surface area contributed by atoms with E-state index < -0.39 is 17.9 Å². The molecule has 31 heavy (non-hydrogen) atoms. The zero-order chi connectivity index (χ0) is 22.4. The highest BCUT2D eigenvalue weighted by atomic mass is 16.6. The second-order valence-corrected chi connectivity index (χ2v) is 7.17. The molecule has 0 spiro atoms. The zero-order valence-electron chi connectivity index (χ0n) is 17.9. The number of allylic oxidation sites excluding steroid dienone is 1. The highest BCUT2D eigenvalue weighted by molar-refractivity contribution is 5.99. The van der Waals surface area contributed by atoms with Crippen molar-refractivity contribution in [3.05, 3.63) is 59.3 Å². The molecular weight excluding hydrogens is 402 g/mol. The van der Waals surface area contributed by atoms with Crippen LogP contribution in [-0.2, 0) is 23.8 Å². The van der Waals surface area contributed by atoms with Gasteiger partial charge in [0.05, 0.1) is 29.8 Å². The topological polar surface area (TPSA) is 113 Å². The van der Waals surface area contributed by atoms with E-state index in [1.807, 2.05) is 6.07 Å². The molecule has 2 heterocycles. The van der Waals surface area contributed by atoms with Gasteiger partial charge in [-0.1, -0.05) is 12.1 Å². The lowest BCUT2D eigenvalue weighted by Gasteiger charge is -2.28. The van der Waals surface area contributed by atoms with Gasteiger partial charge in [0.15, 0.2) is 0 Å². The van der Waals surface area contributed by atoms with Crippen LogP contribution in [0.2, 0.25) is 0 Å². The molecule has 1 aromatic heterocycles. The Hall–Kier alpha value is -3.46. The van der Waals surface area contributed by atoms with E-state index in [-0.39, 0.29) is 19.3 Å². The minimum absolute atomic E-state index is 0.0936. The summed E-state index contributed by atoms with van der Waals surface area (Å²) >= 11 is 0. The van der Waals surface area contributed by atoms with E-state index >= 15 is 0 Å². The summed E-state index contributed by atoms with van der Waals surface area (Å²) in [5.41, 5.74) is 2.53. The van der Waals surface area contributed by atoms with Gasteiger partial charge in [0, 0.05) is 24.6 Å². The van der Waals surface area contributed by atoms with Crippen LogP contribution in [0.25, 0.3) is 11.5 Å². The van der Waals surface area contributed by atoms with E-state index in [4.69, 9.17) is 18.6 Å². The first-order valence-corrected chi connectivity index (χ1v) is 9.83. The van der Waals surface area contributed by atoms with Crippen LogP contribution in [0.1, 0.15) is 32.3 Å². The van der Waals surface area contributed by atoms with E-state index in [1.165, 1.54) is 13.5 Å². The van der Waals surface area contributed by atoms with Crippen LogP contribution < -0.4 is 5.32 Å². The number of ether oxygens (including phenoxy) is 3. The monoisotopic (exact) mass is 427 g/mol. The Labute approximate surface area is 180 Å². The second-order valence-electron chi connectivity index (χ2n) is 7.17. The minimum atomic E-state index is -0.703. The Kier molecular flexibility index (Phi) is 7.19. The lowest BCUT2D eigenvalue weighted by Crippen LogP contribution is -2.31. The molecule has 1 unspecified atom stereocenters. The van der Waals surface area contributed by atoms with Crippen molar-refractivity contribution in [3.8, 4) is 11.5 Å². The molecule has 2 aromatic rings. The Morgan fingerprint density at radius 1 is 1.23 bits per heavy atom. The first kappa shape index (κ1) is 22.2. The lowest BCUT2D eigenvalue weighted by molar-refractivity contribution is -0.143. The third-order valence-electron chi connectivity index (χ3n) is 4.59. The smallest absolute Gasteiger partial charge is 0.336 e. The average Bonchev–Trinajstić information content (AvgIpc) is 3.28. The Morgan fingerprint density at radius 3 is 2.71 bits per heavy atom. The summed E-state index contributed by atoms with van der Waals surface area (Å²) in [4.78, 5) is 25.9. The summed E-state index contributed by atoms with van der Waals surface area (Å²) in [7, 11) is 1.52. The van der Waals surface area contributed by atoms with Crippen molar-refractivity contribution in [2.45, 2.75) is 32.8 Å². The van der Waals surface area contributed by atoms with Crippen molar-refractivity contribution < 1.29 is 28.2 Å². The van der Waals surface area contributed by atoms with Gasteiger partial charge in [-0.3, -0.25) is 0 Å². The van der Waals surface area contributed by atoms with E-state index in [1.54, 1.807) is 45.2 Å². The summed E-state index contributed by atoms with van der Waals surface area (Å²) < 4.78 is 21.0. The molecule has 0 saturated heterocycles. The molecule has 9 heteroatoms. The van der Waals surface area contributed by atoms with Gasteiger partial charge in [0.25, 0.3) is 0 Å². The number of nitrogens with one attached hydrogen (secondary N) is 1. The largest absolute Gasteiger partial charge is 0.460 e. The highest BCUT2D eigenvalue weighted by Gasteiger charge is 2.36. The molecule has 1 N–H and O–H groups in total. The standard InChI is InChI=1S/C22H25N3O6/c1-13(2)31-21(26)17-11-23-14(3)18(22(27)29-9-8-28-4)19(17)15-6-5-7-16(10-15)20-25-24-12-30-20/h5-7,10-13,19,23H,8-9H2,1-4H3. The van der Waals surface area contributed by atoms with Crippen LogP contribution in [-0.4, -0.2) is 48.6 Å². The summed E-state index contributed by atoms with van der Waals surface area (Å²) in [6.07, 6.45) is 2.49. The van der Waals surface area contributed by atoms with Crippen LogP contribution in [0, 0.1) is 0 Å². The fourth-order valence-electron chi connectivity index (χ4n) is 3.24. The second kappa shape index (κ2) is 10.0. The average molecular weight is 427 g/mol. The van der Waals surface area contributed by atoms with Crippen molar-refractivity contribution in [1.29, 1.82) is 0 Å². The minimum Gasteiger partial charge on any atom is -0.460 e. The Morgan fingerprint density at radius 2 is 2.03 bits per heavy atom. The first-order valence-electron chi connectivity index (χ1n) is 9.83. The predicted molar refractivity (Wildman–Crippen MR) is 110 cm³/mol. The van der Waals surface area contributed by atoms with Gasteiger partial charge in [0.2, 0.25) is 12.3 Å². The van der Waals surface area contributed by atoms with Crippen LogP contribution in [0.15, 0.2) is 58.1 Å². The molecule has 0 aliphatic carbocycles. The number of benzene rings is 1. The predicted octanol–water partition coefficient (Wildman–Crippen LogP) is 2.72. The third kappa shape index (κ3) is 5.18. The van der Waals surface area contributed by atoms with Gasteiger partial charge in [-0.2, -0.15) is 0 Å². The molecule has 1 atom stereocenters. The number of rotatable bonds is 8. The maximum Gasteiger partial charge on any atom is 0.336 e. The van der Waals surface area contributed by atoms with Crippen molar-refractivity contribution in [1.82, 2.24) is 15.5 Å². The Balaban J connectivity index is 2.04. The molecule has 164 valence electrons. The molecular formula is C22H25N3O6. The summed E-state index contributed by atoms with van der Waals surface area (Å²) in [6, 6.07) is 7.23. The lowest BCUT2D eigenvalue weighted by atomic mass is 9.81. The quantitative estimate of drug-likeness (QED) is 0.502. The van der Waals surface area contributed by atoms with Crippen molar-refractivity contribution in [2.75, 3.05) is 20.3 Å². The number of hydrogen-bond acceptors (Lipinski definition) is 9. The molecule has 0 amide bonds. The normalized spacial score (nSPS) is 16.0. The molecule has 1 aliphatic rings.